The first kappa shape index (κ1) is 14.5. The number of nitrogens with one attached hydrogen (secondary N) is 1. The van der Waals surface area contributed by atoms with Gasteiger partial charge in [0.2, 0.25) is 0 Å². The Hall–Kier alpha value is -0.860. The van der Waals surface area contributed by atoms with Crippen LogP contribution in [0.2, 0.25) is 0 Å². The van der Waals surface area contributed by atoms with Crippen molar-refractivity contribution in [2.24, 2.45) is 5.92 Å². The predicted molar refractivity (Wildman–Crippen MR) is 80.7 cm³/mol. The van der Waals surface area contributed by atoms with E-state index in [1.165, 1.54) is 27.8 Å². The maximum atomic E-state index is 5.77. The summed E-state index contributed by atoms with van der Waals surface area (Å²) in [4.78, 5) is 0. The molecule has 0 saturated carbocycles. The van der Waals surface area contributed by atoms with Gasteiger partial charge in [0, 0.05) is 18.6 Å². The molecule has 1 heterocycles. The van der Waals surface area contributed by atoms with Crippen LogP contribution in [0.15, 0.2) is 6.07 Å². The monoisotopic (exact) mass is 261 g/mol. The Bertz CT molecular complexity index is 441. The largest absolute Gasteiger partial charge is 0.378 e. The molecular formula is C17H27NO. The summed E-state index contributed by atoms with van der Waals surface area (Å²) in [6.45, 7) is 12.0. The van der Waals surface area contributed by atoms with Crippen molar-refractivity contribution in [3.05, 3.63) is 33.9 Å². The van der Waals surface area contributed by atoms with Gasteiger partial charge in [-0.1, -0.05) is 6.07 Å². The lowest BCUT2D eigenvalue weighted by molar-refractivity contribution is 0.0961. The number of hydrogen-bond donors (Lipinski definition) is 1. The number of benzene rings is 1. The van der Waals surface area contributed by atoms with Crippen molar-refractivity contribution in [1.82, 2.24) is 5.32 Å². The molecule has 3 atom stereocenters. The molecule has 2 nitrogen and oxygen atoms in total. The van der Waals surface area contributed by atoms with Crippen LogP contribution >= 0.6 is 0 Å². The lowest BCUT2D eigenvalue weighted by Crippen LogP contribution is -2.31. The van der Waals surface area contributed by atoms with Gasteiger partial charge in [0.15, 0.2) is 0 Å². The first-order valence-electron chi connectivity index (χ1n) is 7.33. The van der Waals surface area contributed by atoms with Crippen LogP contribution in [-0.4, -0.2) is 19.8 Å². The summed E-state index contributed by atoms with van der Waals surface area (Å²) in [5, 5.41) is 3.55. The molecule has 0 aromatic heterocycles. The highest BCUT2D eigenvalue weighted by Crippen LogP contribution is 2.37. The van der Waals surface area contributed by atoms with Gasteiger partial charge in [0.1, 0.15) is 0 Å². The molecule has 2 heteroatoms. The highest BCUT2D eigenvalue weighted by Gasteiger charge is 2.33. The molecule has 0 bridgehead atoms. The van der Waals surface area contributed by atoms with E-state index in [0.29, 0.717) is 18.1 Å². The van der Waals surface area contributed by atoms with E-state index in [1.807, 2.05) is 0 Å². The molecule has 0 amide bonds. The van der Waals surface area contributed by atoms with Gasteiger partial charge in [-0.15, -0.1) is 0 Å². The van der Waals surface area contributed by atoms with Crippen molar-refractivity contribution in [3.8, 4) is 0 Å². The third-order valence-electron chi connectivity index (χ3n) is 4.91. The summed E-state index contributed by atoms with van der Waals surface area (Å²) in [7, 11) is 2.08. The highest BCUT2D eigenvalue weighted by molar-refractivity contribution is 5.46. The molecule has 19 heavy (non-hydrogen) atoms. The average Bonchev–Trinajstić information content (AvgIpc) is 2.78. The minimum atomic E-state index is 0.345. The summed E-state index contributed by atoms with van der Waals surface area (Å²) in [6, 6.07) is 2.70. The molecule has 1 aromatic rings. The maximum Gasteiger partial charge on any atom is 0.0594 e. The van der Waals surface area contributed by atoms with Gasteiger partial charge in [0.25, 0.3) is 0 Å². The highest BCUT2D eigenvalue weighted by atomic mass is 16.5. The van der Waals surface area contributed by atoms with Gasteiger partial charge < -0.3 is 10.1 Å². The van der Waals surface area contributed by atoms with Crippen LogP contribution in [0.4, 0.5) is 0 Å². The van der Waals surface area contributed by atoms with Crippen LogP contribution in [-0.2, 0) is 4.74 Å². The smallest absolute Gasteiger partial charge is 0.0594 e. The maximum absolute atomic E-state index is 5.77. The van der Waals surface area contributed by atoms with Crippen molar-refractivity contribution < 1.29 is 4.74 Å². The van der Waals surface area contributed by atoms with Gasteiger partial charge in [0.05, 0.1) is 6.10 Å². The number of ether oxygens (including phenoxy) is 1. The second-order valence-corrected chi connectivity index (χ2v) is 5.97. The Morgan fingerprint density at radius 2 is 1.74 bits per heavy atom. The molecule has 0 radical (unpaired) electrons. The number of hydrogen-bond acceptors (Lipinski definition) is 2. The van der Waals surface area contributed by atoms with E-state index in [1.54, 1.807) is 0 Å². The zero-order valence-corrected chi connectivity index (χ0v) is 13.1. The topological polar surface area (TPSA) is 21.3 Å². The fourth-order valence-corrected chi connectivity index (χ4v) is 3.47. The van der Waals surface area contributed by atoms with Crippen molar-refractivity contribution in [2.45, 2.75) is 53.2 Å². The molecule has 0 spiro atoms. The molecule has 1 N–H and O–H groups in total. The Morgan fingerprint density at radius 1 is 1.16 bits per heavy atom. The normalized spacial score (nSPS) is 24.7. The van der Waals surface area contributed by atoms with Crippen molar-refractivity contribution >= 4 is 0 Å². The van der Waals surface area contributed by atoms with Crippen molar-refractivity contribution in [3.63, 3.8) is 0 Å². The van der Waals surface area contributed by atoms with Gasteiger partial charge >= 0.3 is 0 Å². The number of aryl methyl sites for hydroxylation is 2. The molecule has 106 valence electrons. The van der Waals surface area contributed by atoms with Crippen LogP contribution in [0, 0.1) is 33.6 Å². The Morgan fingerprint density at radius 3 is 2.16 bits per heavy atom. The third kappa shape index (κ3) is 2.56. The SMILES string of the molecule is CNC(c1c(C)c(C)cc(C)c1C)C1CCOC1C. The summed E-state index contributed by atoms with van der Waals surface area (Å²) in [5.74, 6) is 0.573. The fraction of sp³-hybridized carbons (Fsp3) is 0.647. The molecule has 3 unspecified atom stereocenters. The summed E-state index contributed by atoms with van der Waals surface area (Å²) in [5.41, 5.74) is 7.14. The summed E-state index contributed by atoms with van der Waals surface area (Å²) >= 11 is 0. The minimum Gasteiger partial charge on any atom is -0.378 e. The molecule has 1 aromatic carbocycles. The fourth-order valence-electron chi connectivity index (χ4n) is 3.47. The van der Waals surface area contributed by atoms with Gasteiger partial charge in [-0.3, -0.25) is 0 Å². The summed E-state index contributed by atoms with van der Waals surface area (Å²) in [6.07, 6.45) is 1.50. The average molecular weight is 261 g/mol. The quantitative estimate of drug-likeness (QED) is 0.897. The zero-order chi connectivity index (χ0) is 14.2. The number of rotatable bonds is 3. The molecule has 1 aliphatic heterocycles. The molecule has 1 saturated heterocycles. The minimum absolute atomic E-state index is 0.345. The van der Waals surface area contributed by atoms with E-state index < -0.39 is 0 Å². The van der Waals surface area contributed by atoms with Crippen molar-refractivity contribution in [2.75, 3.05) is 13.7 Å². The van der Waals surface area contributed by atoms with E-state index in [2.05, 4.69) is 53.0 Å². The lowest BCUT2D eigenvalue weighted by Gasteiger charge is -2.30. The molecular weight excluding hydrogens is 234 g/mol. The van der Waals surface area contributed by atoms with E-state index in [4.69, 9.17) is 4.74 Å². The summed E-state index contributed by atoms with van der Waals surface area (Å²) < 4.78 is 5.77. The Labute approximate surface area is 117 Å². The van der Waals surface area contributed by atoms with Gasteiger partial charge in [-0.2, -0.15) is 0 Å². The second-order valence-electron chi connectivity index (χ2n) is 5.97. The zero-order valence-electron chi connectivity index (χ0n) is 13.1. The second kappa shape index (κ2) is 5.64. The van der Waals surface area contributed by atoms with Crippen LogP contribution in [0.3, 0.4) is 0 Å². The standard InChI is InChI=1S/C17H27NO/c1-10-9-11(2)13(4)16(12(10)3)17(18-6)15-7-8-19-14(15)5/h9,14-15,17-18H,7-8H2,1-6H3. The molecule has 1 aliphatic rings. The van der Waals surface area contributed by atoms with Crippen LogP contribution in [0.25, 0.3) is 0 Å². The van der Waals surface area contributed by atoms with Crippen LogP contribution in [0.1, 0.15) is 47.2 Å². The first-order chi connectivity index (χ1) is 8.97. The third-order valence-corrected chi connectivity index (χ3v) is 4.91. The first-order valence-corrected chi connectivity index (χ1v) is 7.33. The van der Waals surface area contributed by atoms with Crippen LogP contribution in [0.5, 0.6) is 0 Å². The van der Waals surface area contributed by atoms with Gasteiger partial charge in [-0.05, 0) is 75.9 Å². The van der Waals surface area contributed by atoms with E-state index in [9.17, 15) is 0 Å². The van der Waals surface area contributed by atoms with E-state index in [-0.39, 0.29) is 0 Å². The van der Waals surface area contributed by atoms with Gasteiger partial charge in [-0.25, -0.2) is 0 Å². The molecule has 1 fully saturated rings. The van der Waals surface area contributed by atoms with Crippen molar-refractivity contribution in [1.29, 1.82) is 0 Å². The van der Waals surface area contributed by atoms with Crippen LogP contribution < -0.4 is 5.32 Å². The molecule has 2 rings (SSSR count). The lowest BCUT2D eigenvalue weighted by atomic mass is 9.82. The molecule has 0 aliphatic carbocycles. The predicted octanol–water partition coefficient (Wildman–Crippen LogP) is 3.61. The van der Waals surface area contributed by atoms with E-state index in [0.717, 1.165) is 13.0 Å². The Balaban J connectivity index is 2.49. The van der Waals surface area contributed by atoms with E-state index >= 15 is 0 Å². The Kier molecular flexibility index (Phi) is 4.32.